The Bertz CT molecular complexity index is 1260. The van der Waals surface area contributed by atoms with Crippen molar-refractivity contribution in [1.29, 1.82) is 0 Å². The molecule has 184 valence electrons. The van der Waals surface area contributed by atoms with E-state index >= 15 is 0 Å². The lowest BCUT2D eigenvalue weighted by molar-refractivity contribution is -0.227. The second kappa shape index (κ2) is 8.72. The SMILES string of the molecule is COc1cc(-c2ccc3cccnc3c2C)cc2c1OC1(CCN(C(=O)OC(C)(C)C)CC1)OC2. The van der Waals surface area contributed by atoms with E-state index < -0.39 is 11.4 Å². The molecule has 1 spiro atoms. The van der Waals surface area contributed by atoms with E-state index in [1.807, 2.05) is 39.1 Å². The smallest absolute Gasteiger partial charge is 0.410 e. The van der Waals surface area contributed by atoms with Gasteiger partial charge in [-0.1, -0.05) is 18.2 Å². The molecule has 2 aromatic carbocycles. The molecular weight excluding hydrogens is 444 g/mol. The summed E-state index contributed by atoms with van der Waals surface area (Å²) in [5.74, 6) is 0.614. The van der Waals surface area contributed by atoms with Crippen LogP contribution < -0.4 is 9.47 Å². The summed E-state index contributed by atoms with van der Waals surface area (Å²) in [6.45, 7) is 9.14. The lowest BCUT2D eigenvalue weighted by atomic mass is 9.95. The maximum absolute atomic E-state index is 12.5. The van der Waals surface area contributed by atoms with Gasteiger partial charge >= 0.3 is 6.09 Å². The van der Waals surface area contributed by atoms with E-state index in [-0.39, 0.29) is 6.09 Å². The van der Waals surface area contributed by atoms with Crippen molar-refractivity contribution in [2.45, 2.75) is 58.5 Å². The van der Waals surface area contributed by atoms with Gasteiger partial charge in [-0.3, -0.25) is 4.98 Å². The summed E-state index contributed by atoms with van der Waals surface area (Å²) in [6, 6.07) is 12.4. The molecule has 3 aromatic rings. The molecule has 0 atom stereocenters. The Morgan fingerprint density at radius 3 is 2.63 bits per heavy atom. The van der Waals surface area contributed by atoms with Gasteiger partial charge in [-0.2, -0.15) is 0 Å². The number of aryl methyl sites for hydroxylation is 1. The number of piperidine rings is 1. The number of hydrogen-bond donors (Lipinski definition) is 0. The highest BCUT2D eigenvalue weighted by atomic mass is 16.7. The quantitative estimate of drug-likeness (QED) is 0.462. The van der Waals surface area contributed by atoms with Crippen LogP contribution in [-0.2, 0) is 16.1 Å². The molecule has 3 heterocycles. The summed E-state index contributed by atoms with van der Waals surface area (Å²) in [5.41, 5.74) is 4.67. The van der Waals surface area contributed by atoms with Gasteiger partial charge in [0.05, 0.1) is 19.2 Å². The lowest BCUT2D eigenvalue weighted by Gasteiger charge is -2.44. The number of nitrogens with zero attached hydrogens (tertiary/aromatic N) is 2. The number of methoxy groups -OCH3 is 1. The minimum Gasteiger partial charge on any atom is -0.493 e. The van der Waals surface area contributed by atoms with Gasteiger partial charge in [-0.25, -0.2) is 4.79 Å². The number of aromatic nitrogens is 1. The topological polar surface area (TPSA) is 70.1 Å². The van der Waals surface area contributed by atoms with Crippen LogP contribution in [0.25, 0.3) is 22.0 Å². The fourth-order valence-corrected chi connectivity index (χ4v) is 4.82. The number of carbonyl (C=O) groups is 1. The fourth-order valence-electron chi connectivity index (χ4n) is 4.82. The third kappa shape index (κ3) is 4.52. The van der Waals surface area contributed by atoms with Gasteiger partial charge in [0.2, 0.25) is 5.79 Å². The molecular formula is C28H32N2O5. The van der Waals surface area contributed by atoms with Crippen molar-refractivity contribution >= 4 is 17.0 Å². The Balaban J connectivity index is 1.39. The van der Waals surface area contributed by atoms with Gasteiger partial charge in [0.25, 0.3) is 0 Å². The minimum atomic E-state index is -0.775. The Labute approximate surface area is 205 Å². The van der Waals surface area contributed by atoms with Crippen molar-refractivity contribution in [3.05, 3.63) is 53.7 Å². The largest absolute Gasteiger partial charge is 0.493 e. The molecule has 2 aliphatic rings. The normalized spacial score (nSPS) is 17.1. The number of fused-ring (bicyclic) bond motifs is 2. The van der Waals surface area contributed by atoms with Crippen LogP contribution in [-0.4, -0.2) is 47.6 Å². The molecule has 0 N–H and O–H groups in total. The Morgan fingerprint density at radius 2 is 1.91 bits per heavy atom. The molecule has 35 heavy (non-hydrogen) atoms. The van der Waals surface area contributed by atoms with Crippen LogP contribution >= 0.6 is 0 Å². The van der Waals surface area contributed by atoms with E-state index in [9.17, 15) is 4.79 Å². The molecule has 7 heteroatoms. The number of carbonyl (C=O) groups excluding carboxylic acids is 1. The van der Waals surface area contributed by atoms with Gasteiger partial charge < -0.3 is 23.8 Å². The summed E-state index contributed by atoms with van der Waals surface area (Å²) in [7, 11) is 1.66. The predicted octanol–water partition coefficient (Wildman–Crippen LogP) is 5.86. The van der Waals surface area contributed by atoms with Crippen LogP contribution in [0.1, 0.15) is 44.7 Å². The van der Waals surface area contributed by atoms with Crippen molar-refractivity contribution < 1.29 is 23.7 Å². The molecule has 1 amide bonds. The van der Waals surface area contributed by atoms with E-state index in [4.69, 9.17) is 18.9 Å². The monoisotopic (exact) mass is 476 g/mol. The molecule has 0 bridgehead atoms. The number of pyridine rings is 1. The molecule has 0 radical (unpaired) electrons. The molecule has 1 fully saturated rings. The van der Waals surface area contributed by atoms with Gasteiger partial charge in [0, 0.05) is 43.1 Å². The molecule has 0 saturated carbocycles. The molecule has 5 rings (SSSR count). The number of likely N-dealkylation sites (tertiary alicyclic amines) is 1. The highest BCUT2D eigenvalue weighted by molar-refractivity contribution is 5.89. The highest BCUT2D eigenvalue weighted by Crippen LogP contribution is 2.45. The molecule has 0 unspecified atom stereocenters. The molecule has 1 saturated heterocycles. The van der Waals surface area contributed by atoms with Crippen LogP contribution in [0.2, 0.25) is 0 Å². The third-order valence-corrected chi connectivity index (χ3v) is 6.65. The van der Waals surface area contributed by atoms with Crippen molar-refractivity contribution in [2.75, 3.05) is 20.2 Å². The van der Waals surface area contributed by atoms with Crippen LogP contribution in [0.4, 0.5) is 4.79 Å². The third-order valence-electron chi connectivity index (χ3n) is 6.65. The first-order chi connectivity index (χ1) is 16.7. The maximum Gasteiger partial charge on any atom is 0.410 e. The summed E-state index contributed by atoms with van der Waals surface area (Å²) in [4.78, 5) is 18.8. The predicted molar refractivity (Wildman–Crippen MR) is 134 cm³/mol. The second-order valence-electron chi connectivity index (χ2n) is 10.2. The summed E-state index contributed by atoms with van der Waals surface area (Å²) >= 11 is 0. The molecule has 7 nitrogen and oxygen atoms in total. The summed E-state index contributed by atoms with van der Waals surface area (Å²) in [5, 5.41) is 1.12. The zero-order valence-electron chi connectivity index (χ0n) is 21.0. The van der Waals surface area contributed by atoms with Gasteiger partial charge in [0.15, 0.2) is 11.5 Å². The van der Waals surface area contributed by atoms with Crippen LogP contribution in [0.3, 0.4) is 0 Å². The van der Waals surface area contributed by atoms with Crippen molar-refractivity contribution in [3.63, 3.8) is 0 Å². The Hall–Kier alpha value is -3.32. The minimum absolute atomic E-state index is 0.300. The van der Waals surface area contributed by atoms with E-state index in [0.717, 1.165) is 33.2 Å². The van der Waals surface area contributed by atoms with E-state index in [0.29, 0.717) is 44.0 Å². The van der Waals surface area contributed by atoms with E-state index in [1.165, 1.54) is 0 Å². The number of ether oxygens (including phenoxy) is 4. The Kier molecular flexibility index (Phi) is 5.83. The average Bonchev–Trinajstić information content (AvgIpc) is 2.83. The summed E-state index contributed by atoms with van der Waals surface area (Å²) < 4.78 is 24.0. The number of rotatable bonds is 2. The standard InChI is InChI=1S/C28H32N2O5/c1-18-22(9-8-19-7-6-12-29-24(18)19)20-15-21-17-33-28(34-25(21)23(16-20)32-5)10-13-30(14-11-28)26(31)35-27(2,3)4/h6-9,12,15-16H,10-11,13-14,17H2,1-5H3. The fraction of sp³-hybridized carbons (Fsp3) is 0.429. The van der Waals surface area contributed by atoms with Crippen LogP contribution in [0.15, 0.2) is 42.6 Å². The van der Waals surface area contributed by atoms with Crippen molar-refractivity contribution in [2.24, 2.45) is 0 Å². The van der Waals surface area contributed by atoms with Crippen LogP contribution in [0, 0.1) is 6.92 Å². The maximum atomic E-state index is 12.5. The molecule has 1 aromatic heterocycles. The first-order valence-corrected chi connectivity index (χ1v) is 12.0. The number of benzene rings is 2. The number of amides is 1. The van der Waals surface area contributed by atoms with Crippen molar-refractivity contribution in [3.8, 4) is 22.6 Å². The Morgan fingerprint density at radius 1 is 1.14 bits per heavy atom. The zero-order valence-corrected chi connectivity index (χ0v) is 21.0. The highest BCUT2D eigenvalue weighted by Gasteiger charge is 2.43. The molecule has 2 aliphatic heterocycles. The van der Waals surface area contributed by atoms with Gasteiger partial charge in [-0.05, 0) is 62.6 Å². The van der Waals surface area contributed by atoms with Gasteiger partial charge in [-0.15, -0.1) is 0 Å². The lowest BCUT2D eigenvalue weighted by Crippen LogP contribution is -2.53. The van der Waals surface area contributed by atoms with E-state index in [2.05, 4.69) is 36.2 Å². The molecule has 0 aliphatic carbocycles. The van der Waals surface area contributed by atoms with E-state index in [1.54, 1.807) is 12.0 Å². The van der Waals surface area contributed by atoms with Crippen LogP contribution in [0.5, 0.6) is 11.5 Å². The second-order valence-corrected chi connectivity index (χ2v) is 10.2. The zero-order chi connectivity index (χ0) is 24.8. The number of hydrogen-bond acceptors (Lipinski definition) is 6. The summed E-state index contributed by atoms with van der Waals surface area (Å²) in [6.07, 6.45) is 2.64. The van der Waals surface area contributed by atoms with Gasteiger partial charge in [0.1, 0.15) is 5.60 Å². The first kappa shape index (κ1) is 23.4. The van der Waals surface area contributed by atoms with Crippen molar-refractivity contribution in [1.82, 2.24) is 9.88 Å². The first-order valence-electron chi connectivity index (χ1n) is 12.0. The average molecular weight is 477 g/mol.